The summed E-state index contributed by atoms with van der Waals surface area (Å²) in [4.78, 5) is 0.238. The van der Waals surface area contributed by atoms with Gasteiger partial charge in [-0.15, -0.1) is 0 Å². The summed E-state index contributed by atoms with van der Waals surface area (Å²) < 4.78 is 31.1. The molecule has 102 valence electrons. The second-order valence-electron chi connectivity index (χ2n) is 3.86. The van der Waals surface area contributed by atoms with Gasteiger partial charge in [-0.2, -0.15) is 0 Å². The van der Waals surface area contributed by atoms with E-state index in [-0.39, 0.29) is 11.5 Å². The van der Waals surface area contributed by atoms with Crippen molar-refractivity contribution in [2.24, 2.45) is 0 Å². The maximum atomic E-state index is 11.9. The molecule has 5 nitrogen and oxygen atoms in total. The average molecular weight is 273 g/mol. The molecule has 0 aliphatic rings. The summed E-state index contributed by atoms with van der Waals surface area (Å²) in [7, 11) is -1.86. The predicted octanol–water partition coefficient (Wildman–Crippen LogP) is 0.536. The Morgan fingerprint density at radius 3 is 2.50 bits per heavy atom. The molecule has 1 aromatic carbocycles. The molecule has 2 N–H and O–H groups in total. The van der Waals surface area contributed by atoms with Gasteiger partial charge in [0.05, 0.1) is 4.90 Å². The Bertz CT molecular complexity index is 442. The van der Waals surface area contributed by atoms with Crippen LogP contribution in [-0.4, -0.2) is 40.4 Å². The number of rotatable bonds is 8. The highest BCUT2D eigenvalue weighted by Crippen LogP contribution is 2.10. The summed E-state index contributed by atoms with van der Waals surface area (Å²) in [6.45, 7) is 0.938. The molecule has 0 spiro atoms. The first kappa shape index (κ1) is 15.1. The fourth-order valence-electron chi connectivity index (χ4n) is 1.47. The minimum Gasteiger partial charge on any atom is -0.396 e. The van der Waals surface area contributed by atoms with E-state index in [1.807, 2.05) is 0 Å². The van der Waals surface area contributed by atoms with E-state index < -0.39 is 10.0 Å². The van der Waals surface area contributed by atoms with Crippen molar-refractivity contribution >= 4 is 10.0 Å². The van der Waals surface area contributed by atoms with Crippen LogP contribution in [-0.2, 0) is 21.2 Å². The van der Waals surface area contributed by atoms with Crippen molar-refractivity contribution in [1.82, 2.24) is 4.72 Å². The summed E-state index contributed by atoms with van der Waals surface area (Å²) in [5.74, 6) is 0. The lowest BCUT2D eigenvalue weighted by Gasteiger charge is -2.07. The van der Waals surface area contributed by atoms with Crippen molar-refractivity contribution in [2.75, 3.05) is 26.9 Å². The lowest BCUT2D eigenvalue weighted by molar-refractivity contribution is 0.196. The van der Waals surface area contributed by atoms with Crippen LogP contribution in [0.3, 0.4) is 0 Å². The van der Waals surface area contributed by atoms with Crippen molar-refractivity contribution in [3.05, 3.63) is 29.8 Å². The Hall–Kier alpha value is -0.950. The van der Waals surface area contributed by atoms with E-state index in [4.69, 9.17) is 9.84 Å². The van der Waals surface area contributed by atoms with E-state index in [0.717, 1.165) is 5.56 Å². The molecule has 0 aliphatic carbocycles. The minimum absolute atomic E-state index is 0.0569. The van der Waals surface area contributed by atoms with Crippen LogP contribution in [0, 0.1) is 0 Å². The van der Waals surface area contributed by atoms with Crippen LogP contribution in [0.25, 0.3) is 0 Å². The molecule has 0 unspecified atom stereocenters. The van der Waals surface area contributed by atoms with Crippen molar-refractivity contribution < 1.29 is 18.3 Å². The second kappa shape index (κ2) is 7.48. The minimum atomic E-state index is -3.44. The molecule has 6 heteroatoms. The Morgan fingerprint density at radius 1 is 1.28 bits per heavy atom. The Balaban J connectivity index is 2.61. The monoisotopic (exact) mass is 273 g/mol. The van der Waals surface area contributed by atoms with Crippen molar-refractivity contribution in [3.63, 3.8) is 0 Å². The lowest BCUT2D eigenvalue weighted by atomic mass is 10.2. The fraction of sp³-hybridized carbons (Fsp3) is 0.500. The van der Waals surface area contributed by atoms with Gasteiger partial charge in [-0.3, -0.25) is 0 Å². The number of ether oxygens (including phenoxy) is 1. The Labute approximate surface area is 108 Å². The molecule has 0 aliphatic heterocycles. The number of aliphatic hydroxyl groups is 1. The van der Waals surface area contributed by atoms with Gasteiger partial charge in [0, 0.05) is 26.9 Å². The third-order valence-electron chi connectivity index (χ3n) is 2.45. The highest BCUT2D eigenvalue weighted by molar-refractivity contribution is 7.89. The quantitative estimate of drug-likeness (QED) is 0.678. The molecule has 1 aromatic rings. The summed E-state index contributed by atoms with van der Waals surface area (Å²) in [5.41, 5.74) is 0.913. The molecule has 0 heterocycles. The first-order valence-corrected chi connectivity index (χ1v) is 7.27. The number of sulfonamides is 1. The zero-order chi connectivity index (χ0) is 13.4. The Kier molecular flexibility index (Phi) is 6.28. The van der Waals surface area contributed by atoms with Crippen LogP contribution in [0.5, 0.6) is 0 Å². The molecular formula is C12H19NO4S. The molecule has 0 amide bonds. The summed E-state index contributed by atoms with van der Waals surface area (Å²) in [6, 6.07) is 6.51. The van der Waals surface area contributed by atoms with Crippen LogP contribution in [0.2, 0.25) is 0 Å². The van der Waals surface area contributed by atoms with Gasteiger partial charge in [-0.1, -0.05) is 12.1 Å². The number of methoxy groups -OCH3 is 1. The molecule has 0 saturated carbocycles. The predicted molar refractivity (Wildman–Crippen MR) is 68.9 cm³/mol. The fourth-order valence-corrected chi connectivity index (χ4v) is 2.54. The summed E-state index contributed by atoms with van der Waals surface area (Å²) in [6.07, 6.45) is 1.17. The summed E-state index contributed by atoms with van der Waals surface area (Å²) in [5, 5.41) is 8.77. The molecular weight excluding hydrogens is 254 g/mol. The van der Waals surface area contributed by atoms with E-state index >= 15 is 0 Å². The molecule has 0 bridgehead atoms. The Morgan fingerprint density at radius 2 is 1.94 bits per heavy atom. The van der Waals surface area contributed by atoms with Gasteiger partial charge in [0.25, 0.3) is 0 Å². The average Bonchev–Trinajstić information content (AvgIpc) is 2.36. The molecule has 0 radical (unpaired) electrons. The smallest absolute Gasteiger partial charge is 0.240 e. The van der Waals surface area contributed by atoms with Gasteiger partial charge in [0.1, 0.15) is 0 Å². The molecule has 0 fully saturated rings. The van der Waals surface area contributed by atoms with E-state index in [1.165, 1.54) is 0 Å². The number of nitrogens with one attached hydrogen (secondary N) is 1. The van der Waals surface area contributed by atoms with Crippen LogP contribution in [0.15, 0.2) is 29.2 Å². The van der Waals surface area contributed by atoms with Gasteiger partial charge >= 0.3 is 0 Å². The zero-order valence-corrected chi connectivity index (χ0v) is 11.2. The summed E-state index contributed by atoms with van der Waals surface area (Å²) >= 11 is 0. The molecule has 0 saturated heterocycles. The molecule has 0 aromatic heterocycles. The molecule has 1 rings (SSSR count). The van der Waals surface area contributed by atoms with E-state index in [2.05, 4.69) is 4.72 Å². The van der Waals surface area contributed by atoms with Gasteiger partial charge in [-0.05, 0) is 30.5 Å². The number of hydrogen-bond donors (Lipinski definition) is 2. The highest BCUT2D eigenvalue weighted by Gasteiger charge is 2.12. The maximum Gasteiger partial charge on any atom is 0.240 e. The van der Waals surface area contributed by atoms with E-state index in [0.29, 0.717) is 26.0 Å². The van der Waals surface area contributed by atoms with Crippen LogP contribution in [0.1, 0.15) is 12.0 Å². The number of benzene rings is 1. The van der Waals surface area contributed by atoms with Gasteiger partial charge in [0.15, 0.2) is 0 Å². The van der Waals surface area contributed by atoms with E-state index in [1.54, 1.807) is 31.4 Å². The third-order valence-corrected chi connectivity index (χ3v) is 3.93. The standard InChI is InChI=1S/C12H19NO4S/c1-17-10-2-8-13-18(15,16)12-5-3-11(4-6-12)7-9-14/h3-6,13-14H,2,7-10H2,1H3. The first-order chi connectivity index (χ1) is 8.60. The van der Waals surface area contributed by atoms with Crippen LogP contribution < -0.4 is 4.72 Å². The highest BCUT2D eigenvalue weighted by atomic mass is 32.2. The van der Waals surface area contributed by atoms with Crippen molar-refractivity contribution in [3.8, 4) is 0 Å². The van der Waals surface area contributed by atoms with Crippen molar-refractivity contribution in [2.45, 2.75) is 17.7 Å². The zero-order valence-electron chi connectivity index (χ0n) is 10.4. The van der Waals surface area contributed by atoms with Gasteiger partial charge < -0.3 is 9.84 Å². The largest absolute Gasteiger partial charge is 0.396 e. The third kappa shape index (κ3) is 4.73. The molecule has 18 heavy (non-hydrogen) atoms. The number of hydrogen-bond acceptors (Lipinski definition) is 4. The number of aliphatic hydroxyl groups excluding tert-OH is 1. The van der Waals surface area contributed by atoms with Crippen molar-refractivity contribution in [1.29, 1.82) is 0 Å². The van der Waals surface area contributed by atoms with Gasteiger partial charge in [0.2, 0.25) is 10.0 Å². The maximum absolute atomic E-state index is 11.9. The lowest BCUT2D eigenvalue weighted by Crippen LogP contribution is -2.25. The second-order valence-corrected chi connectivity index (χ2v) is 5.63. The first-order valence-electron chi connectivity index (χ1n) is 5.78. The SMILES string of the molecule is COCCCNS(=O)(=O)c1ccc(CCO)cc1. The van der Waals surface area contributed by atoms with E-state index in [9.17, 15) is 8.42 Å². The van der Waals surface area contributed by atoms with Crippen LogP contribution >= 0.6 is 0 Å². The topological polar surface area (TPSA) is 75.6 Å². The van der Waals surface area contributed by atoms with Crippen LogP contribution in [0.4, 0.5) is 0 Å². The molecule has 0 atom stereocenters. The van der Waals surface area contributed by atoms with Gasteiger partial charge in [-0.25, -0.2) is 13.1 Å². The normalized spacial score (nSPS) is 11.7.